The van der Waals surface area contributed by atoms with Crippen LogP contribution in [0.1, 0.15) is 23.5 Å². The zero-order chi connectivity index (χ0) is 12.5. The number of rotatable bonds is 2. The van der Waals surface area contributed by atoms with Crippen LogP contribution in [-0.4, -0.2) is 31.8 Å². The first-order chi connectivity index (χ1) is 8.75. The van der Waals surface area contributed by atoms with E-state index in [4.69, 9.17) is 0 Å². The lowest BCUT2D eigenvalue weighted by molar-refractivity contribution is -0.137. The Morgan fingerprint density at radius 3 is 1.61 bits per heavy atom. The number of nitrogens with zero attached hydrogens (tertiary/aromatic N) is 2. The van der Waals surface area contributed by atoms with E-state index in [1.165, 1.54) is 25.0 Å². The van der Waals surface area contributed by atoms with Gasteiger partial charge in [-0.1, -0.05) is 0 Å². The van der Waals surface area contributed by atoms with E-state index in [0.29, 0.717) is 11.4 Å². The third-order valence-electron chi connectivity index (χ3n) is 2.76. The molecule has 8 heteroatoms. The molecule has 2 aromatic rings. The van der Waals surface area contributed by atoms with Crippen molar-refractivity contribution in [2.24, 2.45) is 0 Å². The van der Waals surface area contributed by atoms with E-state index in [-0.39, 0.29) is 11.8 Å². The first-order valence-corrected chi connectivity index (χ1v) is 5.33. The minimum Gasteiger partial charge on any atom is -0.346 e. The average Bonchev–Trinajstić information content (AvgIpc) is 3.02. The van der Waals surface area contributed by atoms with Crippen molar-refractivity contribution in [2.75, 3.05) is 0 Å². The third kappa shape index (κ3) is 1.63. The highest BCUT2D eigenvalue weighted by Gasteiger charge is 2.36. The van der Waals surface area contributed by atoms with Crippen molar-refractivity contribution in [3.63, 3.8) is 0 Å². The molecule has 4 N–H and O–H groups in total. The van der Waals surface area contributed by atoms with Crippen molar-refractivity contribution >= 4 is 11.8 Å². The van der Waals surface area contributed by atoms with Crippen LogP contribution in [0, 0.1) is 0 Å². The molecular formula is C10H10N6O2. The van der Waals surface area contributed by atoms with Gasteiger partial charge < -0.3 is 20.6 Å². The third-order valence-corrected chi connectivity index (χ3v) is 2.76. The Bertz CT molecular complexity index is 509. The summed E-state index contributed by atoms with van der Waals surface area (Å²) in [4.78, 5) is 37.1. The lowest BCUT2D eigenvalue weighted by atomic mass is 10.1. The molecule has 0 aromatic carbocycles. The van der Waals surface area contributed by atoms with Crippen LogP contribution in [0.25, 0.3) is 0 Å². The molecule has 8 nitrogen and oxygen atoms in total. The molecule has 3 heterocycles. The van der Waals surface area contributed by atoms with Gasteiger partial charge in [-0.25, -0.2) is 9.97 Å². The number of hydrogen-bond acceptors (Lipinski definition) is 4. The summed E-state index contributed by atoms with van der Waals surface area (Å²) in [6, 6.07) is -1.47. The van der Waals surface area contributed by atoms with Crippen molar-refractivity contribution in [3.8, 4) is 0 Å². The number of piperazine rings is 1. The molecule has 1 fully saturated rings. The highest BCUT2D eigenvalue weighted by molar-refractivity contribution is 5.97. The van der Waals surface area contributed by atoms with Gasteiger partial charge in [0, 0.05) is 0 Å². The Kier molecular flexibility index (Phi) is 2.33. The second kappa shape index (κ2) is 3.99. The molecule has 0 radical (unpaired) electrons. The zero-order valence-corrected chi connectivity index (χ0v) is 9.18. The van der Waals surface area contributed by atoms with E-state index < -0.39 is 12.1 Å². The van der Waals surface area contributed by atoms with Gasteiger partial charge >= 0.3 is 0 Å². The van der Waals surface area contributed by atoms with Gasteiger partial charge in [0.2, 0.25) is 11.8 Å². The highest BCUT2D eigenvalue weighted by atomic mass is 16.2. The van der Waals surface area contributed by atoms with Crippen molar-refractivity contribution in [1.82, 2.24) is 30.6 Å². The van der Waals surface area contributed by atoms with Crippen molar-refractivity contribution < 1.29 is 9.59 Å². The van der Waals surface area contributed by atoms with Crippen LogP contribution in [0.2, 0.25) is 0 Å². The normalized spacial score (nSPS) is 23.6. The molecule has 92 valence electrons. The predicted octanol–water partition coefficient (Wildman–Crippen LogP) is -0.839. The largest absolute Gasteiger partial charge is 0.346 e. The quantitative estimate of drug-likeness (QED) is 0.553. The van der Waals surface area contributed by atoms with Gasteiger partial charge in [0.05, 0.1) is 36.4 Å². The molecular weight excluding hydrogens is 236 g/mol. The fourth-order valence-corrected chi connectivity index (χ4v) is 1.87. The fraction of sp³-hybridized carbons (Fsp3) is 0.200. The van der Waals surface area contributed by atoms with Crippen molar-refractivity contribution in [1.29, 1.82) is 0 Å². The summed E-state index contributed by atoms with van der Waals surface area (Å²) >= 11 is 0. The van der Waals surface area contributed by atoms with E-state index in [1.54, 1.807) is 0 Å². The molecule has 2 atom stereocenters. The summed E-state index contributed by atoms with van der Waals surface area (Å²) in [5.41, 5.74) is 1.09. The minimum absolute atomic E-state index is 0.293. The van der Waals surface area contributed by atoms with Crippen LogP contribution in [0.3, 0.4) is 0 Å². The molecule has 3 rings (SSSR count). The molecule has 2 amide bonds. The number of H-pyrrole nitrogens is 2. The van der Waals surface area contributed by atoms with Gasteiger partial charge in [0.1, 0.15) is 12.1 Å². The van der Waals surface area contributed by atoms with E-state index >= 15 is 0 Å². The van der Waals surface area contributed by atoms with Crippen LogP contribution in [0.5, 0.6) is 0 Å². The number of aromatic nitrogens is 4. The number of hydrogen-bond donors (Lipinski definition) is 4. The van der Waals surface area contributed by atoms with Gasteiger partial charge in [0.15, 0.2) is 0 Å². The first-order valence-electron chi connectivity index (χ1n) is 5.33. The van der Waals surface area contributed by atoms with Gasteiger partial charge in [0.25, 0.3) is 0 Å². The maximum absolute atomic E-state index is 11.9. The van der Waals surface area contributed by atoms with Crippen LogP contribution in [-0.2, 0) is 9.59 Å². The average molecular weight is 246 g/mol. The molecule has 0 aliphatic carbocycles. The second-order valence-electron chi connectivity index (χ2n) is 3.90. The van der Waals surface area contributed by atoms with Crippen molar-refractivity contribution in [2.45, 2.75) is 12.1 Å². The Labute approximate surface area is 101 Å². The molecule has 1 aliphatic heterocycles. The molecule has 2 aromatic heterocycles. The van der Waals surface area contributed by atoms with E-state index in [2.05, 4.69) is 30.6 Å². The number of carbonyl (C=O) groups excluding carboxylic acids is 2. The minimum atomic E-state index is -0.737. The Hall–Kier alpha value is -2.64. The summed E-state index contributed by atoms with van der Waals surface area (Å²) in [6.07, 6.45) is 5.91. The topological polar surface area (TPSA) is 116 Å². The van der Waals surface area contributed by atoms with Crippen LogP contribution in [0.15, 0.2) is 25.0 Å². The predicted molar refractivity (Wildman–Crippen MR) is 58.9 cm³/mol. The molecule has 1 aliphatic rings. The summed E-state index contributed by atoms with van der Waals surface area (Å²) in [5, 5.41) is 5.27. The maximum atomic E-state index is 11.9. The number of imidazole rings is 2. The number of nitrogens with one attached hydrogen (secondary N) is 4. The van der Waals surface area contributed by atoms with E-state index in [0.717, 1.165) is 0 Å². The maximum Gasteiger partial charge on any atom is 0.249 e. The molecule has 0 bridgehead atoms. The SMILES string of the molecule is O=C1N[C@@H](c2cnc[nH]2)C(=O)NC1c1cnc[nH]1. The zero-order valence-electron chi connectivity index (χ0n) is 9.18. The first kappa shape index (κ1) is 10.5. The summed E-state index contributed by atoms with van der Waals surface area (Å²) in [5.74, 6) is -0.586. The fourth-order valence-electron chi connectivity index (χ4n) is 1.87. The molecule has 0 spiro atoms. The number of amides is 2. The Morgan fingerprint density at radius 2 is 1.28 bits per heavy atom. The van der Waals surface area contributed by atoms with Crippen LogP contribution >= 0.6 is 0 Å². The number of carbonyl (C=O) groups is 2. The van der Waals surface area contributed by atoms with Gasteiger partial charge in [-0.2, -0.15) is 0 Å². The smallest absolute Gasteiger partial charge is 0.249 e. The van der Waals surface area contributed by atoms with Crippen LogP contribution < -0.4 is 10.6 Å². The highest BCUT2D eigenvalue weighted by Crippen LogP contribution is 2.20. The lowest BCUT2D eigenvalue weighted by Gasteiger charge is -2.28. The lowest BCUT2D eigenvalue weighted by Crippen LogP contribution is -2.53. The van der Waals surface area contributed by atoms with Gasteiger partial charge in [-0.15, -0.1) is 0 Å². The molecule has 0 saturated carbocycles. The molecule has 18 heavy (non-hydrogen) atoms. The molecule has 1 unspecified atom stereocenters. The van der Waals surface area contributed by atoms with Gasteiger partial charge in [-0.3, -0.25) is 9.59 Å². The Morgan fingerprint density at radius 1 is 0.833 bits per heavy atom. The monoisotopic (exact) mass is 246 g/mol. The summed E-state index contributed by atoms with van der Waals surface area (Å²) in [7, 11) is 0. The Balaban J connectivity index is 1.84. The van der Waals surface area contributed by atoms with E-state index in [9.17, 15) is 9.59 Å². The van der Waals surface area contributed by atoms with E-state index in [1.807, 2.05) is 0 Å². The number of aromatic amines is 2. The standard InChI is InChI=1S/C10H10N6O2/c17-9-7(5-1-11-3-13-5)15-10(18)8(16-9)6-2-12-4-14-6/h1-4,7-8H,(H,11,13)(H,12,14)(H,15,18)(H,16,17)/t7-,8?/m0/s1. The van der Waals surface area contributed by atoms with Gasteiger partial charge in [-0.05, 0) is 0 Å². The van der Waals surface area contributed by atoms with Crippen LogP contribution in [0.4, 0.5) is 0 Å². The molecule has 1 saturated heterocycles. The second-order valence-corrected chi connectivity index (χ2v) is 3.90. The van der Waals surface area contributed by atoms with Crippen molar-refractivity contribution in [3.05, 3.63) is 36.4 Å². The summed E-state index contributed by atoms with van der Waals surface area (Å²) in [6.45, 7) is 0. The summed E-state index contributed by atoms with van der Waals surface area (Å²) < 4.78 is 0.